The van der Waals surface area contributed by atoms with Crippen LogP contribution in [0.5, 0.6) is 0 Å². The van der Waals surface area contributed by atoms with Crippen LogP contribution < -0.4 is 80.3 Å². The minimum atomic E-state index is -3.95. The van der Waals surface area contributed by atoms with Gasteiger partial charge in [-0.3, -0.25) is 63.0 Å². The maximum absolute atomic E-state index is 14.5. The van der Waals surface area contributed by atoms with Crippen molar-refractivity contribution in [2.45, 2.75) is 23.7 Å². The van der Waals surface area contributed by atoms with E-state index >= 15 is 0 Å². The molecular weight excluding hydrogens is 2320 g/mol. The molecule has 0 aliphatic carbocycles. The first-order chi connectivity index (χ1) is 66.7. The molecule has 0 spiro atoms. The lowest BCUT2D eigenvalue weighted by Crippen LogP contribution is -2.72. The van der Waals surface area contributed by atoms with Crippen LogP contribution >= 0.6 is 79.6 Å². The zero-order chi connectivity index (χ0) is 104. The Balaban J connectivity index is 0.000000170. The quantitative estimate of drug-likeness (QED) is 0.0105. The number of β-amino-alcohol motifs (C(OH)–C–C–N with tert-alkyl or cyclic N) is 1. The van der Waals surface area contributed by atoms with Crippen molar-refractivity contribution >= 4 is 219 Å². The Labute approximate surface area is 839 Å². The van der Waals surface area contributed by atoms with Gasteiger partial charge in [-0.2, -0.15) is 50.9 Å². The van der Waals surface area contributed by atoms with E-state index in [1.807, 2.05) is 34.3 Å². The number of hydrogen-bond acceptors (Lipinski definition) is 42. The number of nitrogens with one attached hydrogen (secondary N) is 10. The van der Waals surface area contributed by atoms with Crippen LogP contribution in [-0.2, 0) is 50.4 Å². The summed E-state index contributed by atoms with van der Waals surface area (Å²) in [5, 5.41) is 128. The summed E-state index contributed by atoms with van der Waals surface area (Å²) >= 11 is 15.2. The SMILES string of the molecule is CC1(CNc2nonc2C(=Nc2ccc(F)c(Br)c2)NO)CN(S(N)(=O)=O)C1.CN(C)C(=O)C(=O)N1CC(CNc2nonc2C(=Nc2ccc(F)c(Br)c2)NO)C1.NC1(CNc2nonc2C(=Nc2ccc(F)c(Br)c2)NO)CN(S(N)(=O)=O)C1.NS(=O)(=O)N1CC(F)(CNc2nonc2C(=Nc2ccc(F)c(Br)c2)NO)C1.NS(=O)(=O)N1CC(O)(CNc2nonc2C(=Nc2ccc(F)c(Br)c2)NO)C1. The normalized spacial score (nSPS) is 16.6. The maximum atomic E-state index is 14.5. The number of likely N-dealkylation sites (N-methyl/N-ethyl adjacent to an activating group) is 1. The zero-order valence-electron chi connectivity index (χ0n) is 72.7. The number of hydroxylamine groups is 5. The smallest absolute Gasteiger partial charge is 0.312 e. The lowest BCUT2D eigenvalue weighted by atomic mass is 9.84. The minimum Gasteiger partial charge on any atom is -0.385 e. The van der Waals surface area contributed by atoms with Gasteiger partial charge in [0.25, 0.3) is 40.8 Å². The number of halogens is 11. The molecule has 5 aromatic heterocycles. The van der Waals surface area contributed by atoms with Crippen molar-refractivity contribution in [1.29, 1.82) is 0 Å². The number of nitrogens with zero attached hydrogens (tertiary/aromatic N) is 21. The van der Waals surface area contributed by atoms with Gasteiger partial charge in [-0.05, 0) is 222 Å². The fourth-order valence-electron chi connectivity index (χ4n) is 12.7. The monoisotopic (exact) mass is 2400 g/mol. The second-order valence-corrected chi connectivity index (χ2v) is 42.0. The molecule has 142 heavy (non-hydrogen) atoms. The van der Waals surface area contributed by atoms with Gasteiger partial charge in [0.1, 0.15) is 34.7 Å². The highest BCUT2D eigenvalue weighted by Gasteiger charge is 2.50. The Morgan fingerprint density at radius 2 is 0.676 bits per heavy atom. The van der Waals surface area contributed by atoms with Crippen LogP contribution in [0.1, 0.15) is 35.4 Å². The molecule has 10 heterocycles. The van der Waals surface area contributed by atoms with Crippen LogP contribution in [0.25, 0.3) is 0 Å². The number of carbonyl (C=O) groups excluding carboxylic acids is 2. The van der Waals surface area contributed by atoms with E-state index in [4.69, 9.17) is 35.5 Å². The van der Waals surface area contributed by atoms with E-state index in [1.54, 1.807) is 0 Å². The number of aliphatic hydroxyl groups is 1. The molecular formula is C70H81Br5F6N36O21S4. The van der Waals surface area contributed by atoms with Crippen molar-refractivity contribution < 1.29 is 124 Å². The number of benzene rings is 5. The van der Waals surface area contributed by atoms with Crippen molar-refractivity contribution in [3.63, 3.8) is 0 Å². The lowest BCUT2D eigenvalue weighted by molar-refractivity contribution is -0.154. The number of rotatable bonds is 29. The average molecular weight is 2400 g/mol. The second-order valence-electron chi connectivity index (χ2n) is 31.5. The van der Waals surface area contributed by atoms with Gasteiger partial charge in [0.2, 0.25) is 29.1 Å². The van der Waals surface area contributed by atoms with Crippen LogP contribution in [0.2, 0.25) is 0 Å². The largest absolute Gasteiger partial charge is 0.385 e. The molecule has 0 unspecified atom stereocenters. The number of carbonyl (C=O) groups is 2. The van der Waals surface area contributed by atoms with E-state index in [-0.39, 0.29) is 185 Å². The highest BCUT2D eigenvalue weighted by atomic mass is 79.9. The molecule has 5 aliphatic rings. The van der Waals surface area contributed by atoms with Crippen molar-refractivity contribution in [2.75, 3.05) is 139 Å². The molecule has 0 bridgehead atoms. The topological polar surface area (TPSA) is 818 Å². The van der Waals surface area contributed by atoms with Gasteiger partial charge in [0.05, 0.1) is 76.0 Å². The maximum Gasteiger partial charge on any atom is 0.312 e. The summed E-state index contributed by atoms with van der Waals surface area (Å²) in [6, 6.07) is 19.9. The predicted octanol–water partition coefficient (Wildman–Crippen LogP) is 1.97. The predicted molar refractivity (Wildman–Crippen MR) is 501 cm³/mol. The Hall–Kier alpha value is -11.7. The van der Waals surface area contributed by atoms with Crippen LogP contribution in [0, 0.1) is 40.4 Å². The fraction of sp³-hybridized carbons (Fsp3) is 0.329. The highest BCUT2D eigenvalue weighted by molar-refractivity contribution is 9.11. The first-order valence-electron chi connectivity index (χ1n) is 39.6. The number of hydrogen-bond donors (Lipinski definition) is 21. The third-order valence-electron chi connectivity index (χ3n) is 20.1. The number of likely N-dealkylation sites (tertiary alicyclic amines) is 1. The summed E-state index contributed by atoms with van der Waals surface area (Å²) in [4.78, 5) is 47.0. The molecule has 5 aliphatic heterocycles. The summed E-state index contributed by atoms with van der Waals surface area (Å²) in [5.74, 6) is -3.44. The summed E-state index contributed by atoms with van der Waals surface area (Å²) in [6.45, 7) is 2.57. The van der Waals surface area contributed by atoms with Crippen LogP contribution in [0.4, 0.5) is 83.9 Å². The molecule has 10 aromatic rings. The van der Waals surface area contributed by atoms with E-state index < -0.39 is 112 Å². The number of nitrogens with two attached hydrogens (primary N) is 5. The van der Waals surface area contributed by atoms with Gasteiger partial charge in [-0.1, -0.05) is 6.92 Å². The number of amides is 2. The summed E-state index contributed by atoms with van der Waals surface area (Å²) in [5.41, 5.74) is 12.7. The molecule has 57 nitrogen and oxygen atoms in total. The van der Waals surface area contributed by atoms with Gasteiger partial charge in [0.15, 0.2) is 63.3 Å². The van der Waals surface area contributed by atoms with Gasteiger partial charge >= 0.3 is 11.8 Å². The Kier molecular flexibility index (Phi) is 36.4. The number of alkyl halides is 1. The van der Waals surface area contributed by atoms with Crippen LogP contribution in [0.15, 0.2) is 161 Å². The molecule has 5 saturated heterocycles. The van der Waals surface area contributed by atoms with Gasteiger partial charge in [0, 0.05) is 104 Å². The zero-order valence-corrected chi connectivity index (χ0v) is 83.9. The van der Waals surface area contributed by atoms with E-state index in [1.165, 1.54) is 115 Å². The van der Waals surface area contributed by atoms with E-state index in [9.17, 15) is 101 Å². The van der Waals surface area contributed by atoms with Gasteiger partial charge < -0.3 is 47.2 Å². The Morgan fingerprint density at radius 1 is 0.415 bits per heavy atom. The molecule has 72 heteroatoms. The van der Waals surface area contributed by atoms with Crippen LogP contribution in [0.3, 0.4) is 0 Å². The lowest BCUT2D eigenvalue weighted by Gasteiger charge is -2.46. The first kappa shape index (κ1) is 111. The molecule has 15 rings (SSSR count). The number of aliphatic imine (C=N–C) groups is 5. The fourth-order valence-corrected chi connectivity index (χ4v) is 18.0. The molecule has 26 N–H and O–H groups in total. The molecule has 0 atom stereocenters. The molecule has 5 fully saturated rings. The number of amidine groups is 5. The molecule has 0 radical (unpaired) electrons. The first-order valence-corrected chi connectivity index (χ1v) is 49.6. The van der Waals surface area contributed by atoms with Gasteiger partial charge in [-0.25, -0.2) is 95.0 Å². The molecule has 768 valence electrons. The summed E-state index contributed by atoms with van der Waals surface area (Å²) in [7, 11) is -12.3. The number of anilines is 5. The summed E-state index contributed by atoms with van der Waals surface area (Å²) < 4.78 is 199. The molecule has 0 saturated carbocycles. The molecule has 2 amide bonds. The average Bonchev–Trinajstić information content (AvgIpc) is 0.986. The van der Waals surface area contributed by atoms with Crippen molar-refractivity contribution in [3.05, 3.63) is 171 Å². The second kappa shape index (κ2) is 46.8. The van der Waals surface area contributed by atoms with Crippen LogP contribution in [-0.4, -0.2) is 313 Å². The van der Waals surface area contributed by atoms with Crippen molar-refractivity contribution in [2.24, 2.45) is 62.6 Å². The summed E-state index contributed by atoms with van der Waals surface area (Å²) in [6.07, 6.45) is 0. The van der Waals surface area contributed by atoms with E-state index in [0.29, 0.717) is 48.9 Å². The molecule has 5 aromatic carbocycles. The third kappa shape index (κ3) is 29.3. The minimum absolute atomic E-state index is 0.0193. The standard InChI is InChI=1S/C17H19BrFN7O4.C14H17BrFN7O4S.C13H14BrF2N7O4S.C13H16BrFN8O4S.C13H15BrFN7O5S/c1-25(2)16(27)17(28)26-7-9(8-26)6-20-14-13(23-30-24-14)15(22-29)21-10-3-4-12(19)11(18)5-10;1-14(6-23(7-14)28(17,25)26)5-18-12-11(21-27-22-12)13(20-24)19-8-2-3-10(16)9(15)4-8;2*14-8-3-7(1-2-9(8)15)19-12(20-24)10-11(22-27-21-10)18-4-13(16)5-23(6-13)28(17,25)26;14-8-3-7(1-2-9(8)15)18-12(19-24)10-11(21-27-20-10)17-4-13(23)5-22(6-13)28(16,25)26/h3-5,9,29H,6-8H2,1-2H3,(H,20,24)(H,21,22);2-4,24H,5-7H2,1H3,(H,18,22)(H,19,20)(H2,17,25,26);1-3,24H,4-6H2,(H,18,22)(H,19,20)(H2,17,25,26);1-3,24H,4-6,16H2,(H,18,22)(H,19,20)(H2,17,25,26);1-3,23-24H,4-6H2,(H,17,21)(H,18,19)(H2,16,25,26). The van der Waals surface area contributed by atoms with Crippen molar-refractivity contribution in [3.8, 4) is 0 Å². The van der Waals surface area contributed by atoms with E-state index in [2.05, 4.69) is 197 Å². The Morgan fingerprint density at radius 3 is 0.958 bits per heavy atom. The Bertz CT molecular complexity index is 6230. The van der Waals surface area contributed by atoms with E-state index in [0.717, 1.165) is 17.2 Å². The number of aromatic nitrogens is 10. The van der Waals surface area contributed by atoms with Gasteiger partial charge in [-0.15, -0.1) is 0 Å². The third-order valence-corrected chi connectivity index (χ3v) is 27.0. The highest BCUT2D eigenvalue weighted by Crippen LogP contribution is 2.36. The van der Waals surface area contributed by atoms with Crippen molar-refractivity contribution in [1.82, 2.24) is 106 Å².